The Labute approximate surface area is 117 Å². The number of likely N-dealkylation sites (tertiary alicyclic amines) is 1. The van der Waals surface area contributed by atoms with Crippen molar-refractivity contribution in [1.29, 1.82) is 0 Å². The molecule has 1 saturated heterocycles. The van der Waals surface area contributed by atoms with Gasteiger partial charge in [-0.3, -0.25) is 9.69 Å². The first kappa shape index (κ1) is 16.4. The number of aliphatic hydroxyl groups is 1. The van der Waals surface area contributed by atoms with Crippen LogP contribution in [0.4, 0.5) is 0 Å². The van der Waals surface area contributed by atoms with Crippen molar-refractivity contribution in [3.05, 3.63) is 0 Å². The fourth-order valence-electron chi connectivity index (χ4n) is 2.65. The summed E-state index contributed by atoms with van der Waals surface area (Å²) in [5.41, 5.74) is 0. The molecule has 1 heterocycles. The molecule has 0 radical (unpaired) electrons. The second-order valence-electron chi connectivity index (χ2n) is 6.34. The van der Waals surface area contributed by atoms with E-state index in [1.807, 2.05) is 0 Å². The first-order chi connectivity index (χ1) is 9.01. The van der Waals surface area contributed by atoms with Crippen LogP contribution in [0.3, 0.4) is 0 Å². The van der Waals surface area contributed by atoms with Gasteiger partial charge in [-0.05, 0) is 51.0 Å². The molecule has 1 fully saturated rings. The maximum absolute atomic E-state index is 11.9. The van der Waals surface area contributed by atoms with Crippen LogP contribution in [-0.2, 0) is 4.79 Å². The molecule has 0 spiro atoms. The van der Waals surface area contributed by atoms with E-state index in [2.05, 4.69) is 31.0 Å². The third-order valence-corrected chi connectivity index (χ3v) is 3.86. The van der Waals surface area contributed by atoms with Gasteiger partial charge in [-0.15, -0.1) is 0 Å². The number of rotatable bonds is 8. The molecule has 4 nitrogen and oxygen atoms in total. The lowest BCUT2D eigenvalue weighted by atomic mass is 10.0. The lowest BCUT2D eigenvalue weighted by molar-refractivity contribution is -0.122. The van der Waals surface area contributed by atoms with E-state index in [1.165, 1.54) is 0 Å². The molecule has 2 atom stereocenters. The number of aliphatic hydroxyl groups excluding tert-OH is 1. The average Bonchev–Trinajstić information content (AvgIpc) is 2.74. The molecule has 1 aliphatic heterocycles. The van der Waals surface area contributed by atoms with E-state index in [9.17, 15) is 4.79 Å². The lowest BCUT2D eigenvalue weighted by Crippen LogP contribution is -2.40. The number of nitrogens with one attached hydrogen (secondary N) is 1. The Morgan fingerprint density at radius 1 is 1.37 bits per heavy atom. The van der Waals surface area contributed by atoms with E-state index in [4.69, 9.17) is 5.11 Å². The summed E-state index contributed by atoms with van der Waals surface area (Å²) in [6.07, 6.45) is 4.18. The third kappa shape index (κ3) is 6.92. The summed E-state index contributed by atoms with van der Waals surface area (Å²) in [5.74, 6) is 1.40. The van der Waals surface area contributed by atoms with Crippen LogP contribution >= 0.6 is 0 Å². The Hall–Kier alpha value is -0.610. The van der Waals surface area contributed by atoms with E-state index in [1.54, 1.807) is 0 Å². The minimum atomic E-state index is 0.140. The molecule has 19 heavy (non-hydrogen) atoms. The second kappa shape index (κ2) is 8.54. The molecule has 0 aliphatic carbocycles. The molecule has 1 amide bonds. The van der Waals surface area contributed by atoms with Crippen molar-refractivity contribution in [3.63, 3.8) is 0 Å². The fourth-order valence-corrected chi connectivity index (χ4v) is 2.65. The van der Waals surface area contributed by atoms with E-state index < -0.39 is 0 Å². The Kier molecular flexibility index (Phi) is 7.39. The molecule has 0 saturated carbocycles. The number of nitrogens with zero attached hydrogens (tertiary/aromatic N) is 1. The minimum Gasteiger partial charge on any atom is -0.396 e. The van der Waals surface area contributed by atoms with Crippen LogP contribution in [-0.4, -0.2) is 48.2 Å². The number of hydrogen-bond acceptors (Lipinski definition) is 3. The van der Waals surface area contributed by atoms with Gasteiger partial charge in [-0.25, -0.2) is 0 Å². The van der Waals surface area contributed by atoms with Crippen molar-refractivity contribution < 1.29 is 9.90 Å². The molecule has 1 rings (SSSR count). The van der Waals surface area contributed by atoms with Crippen LogP contribution in [0.5, 0.6) is 0 Å². The smallest absolute Gasteiger partial charge is 0.234 e. The normalized spacial score (nSPS) is 21.8. The number of hydrogen-bond donors (Lipinski definition) is 2. The minimum absolute atomic E-state index is 0.140. The highest BCUT2D eigenvalue weighted by molar-refractivity contribution is 5.78. The van der Waals surface area contributed by atoms with Crippen molar-refractivity contribution >= 4 is 5.91 Å². The van der Waals surface area contributed by atoms with Gasteiger partial charge in [0.2, 0.25) is 5.91 Å². The molecule has 2 unspecified atom stereocenters. The van der Waals surface area contributed by atoms with Crippen LogP contribution in [0.1, 0.15) is 46.5 Å². The second-order valence-corrected chi connectivity index (χ2v) is 6.34. The molecule has 0 aromatic rings. The Morgan fingerprint density at radius 2 is 2.11 bits per heavy atom. The zero-order valence-corrected chi connectivity index (χ0v) is 12.7. The van der Waals surface area contributed by atoms with Gasteiger partial charge in [0.05, 0.1) is 6.54 Å². The van der Waals surface area contributed by atoms with Crippen LogP contribution in [0.15, 0.2) is 0 Å². The summed E-state index contributed by atoms with van der Waals surface area (Å²) in [5, 5.41) is 12.0. The topological polar surface area (TPSA) is 52.6 Å². The zero-order valence-electron chi connectivity index (χ0n) is 12.7. The van der Waals surface area contributed by atoms with E-state index >= 15 is 0 Å². The maximum atomic E-state index is 11.9. The van der Waals surface area contributed by atoms with Gasteiger partial charge in [0, 0.05) is 19.2 Å². The Balaban J connectivity index is 2.17. The highest BCUT2D eigenvalue weighted by Crippen LogP contribution is 2.18. The van der Waals surface area contributed by atoms with E-state index in [0.29, 0.717) is 18.4 Å². The quantitative estimate of drug-likeness (QED) is 0.705. The van der Waals surface area contributed by atoms with Crippen molar-refractivity contribution in [3.8, 4) is 0 Å². The summed E-state index contributed by atoms with van der Waals surface area (Å²) >= 11 is 0. The molecule has 4 heteroatoms. The monoisotopic (exact) mass is 270 g/mol. The lowest BCUT2D eigenvalue weighted by Gasteiger charge is -2.19. The summed E-state index contributed by atoms with van der Waals surface area (Å²) in [7, 11) is 0. The standard InChI is InChI=1S/C15H30N2O2/c1-12(2)4-5-13(3)16-15(19)11-17-8-6-14(10-17)7-9-18/h12-14,18H,4-11H2,1-3H3,(H,16,19). The van der Waals surface area contributed by atoms with Crippen molar-refractivity contribution in [2.45, 2.75) is 52.5 Å². The summed E-state index contributed by atoms with van der Waals surface area (Å²) in [6, 6.07) is 0.269. The first-order valence-corrected chi connectivity index (χ1v) is 7.63. The summed E-state index contributed by atoms with van der Waals surface area (Å²) < 4.78 is 0. The number of carbonyl (C=O) groups excluding carboxylic acids is 1. The maximum Gasteiger partial charge on any atom is 0.234 e. The molecular weight excluding hydrogens is 240 g/mol. The molecule has 0 aromatic heterocycles. The molecule has 1 aliphatic rings. The summed E-state index contributed by atoms with van der Waals surface area (Å²) in [4.78, 5) is 14.1. The third-order valence-electron chi connectivity index (χ3n) is 3.86. The Morgan fingerprint density at radius 3 is 2.74 bits per heavy atom. The predicted molar refractivity (Wildman–Crippen MR) is 77.9 cm³/mol. The van der Waals surface area contributed by atoms with Crippen LogP contribution in [0, 0.1) is 11.8 Å². The fraction of sp³-hybridized carbons (Fsp3) is 0.933. The van der Waals surface area contributed by atoms with Gasteiger partial charge in [0.25, 0.3) is 0 Å². The summed E-state index contributed by atoms with van der Waals surface area (Å²) in [6.45, 7) is 9.21. The van der Waals surface area contributed by atoms with Crippen LogP contribution < -0.4 is 5.32 Å². The van der Waals surface area contributed by atoms with Gasteiger partial charge in [-0.1, -0.05) is 13.8 Å². The van der Waals surface area contributed by atoms with Gasteiger partial charge < -0.3 is 10.4 Å². The van der Waals surface area contributed by atoms with E-state index in [0.717, 1.165) is 38.8 Å². The molecule has 112 valence electrons. The van der Waals surface area contributed by atoms with Crippen LogP contribution in [0.2, 0.25) is 0 Å². The number of carbonyl (C=O) groups is 1. The molecule has 0 aromatic carbocycles. The highest BCUT2D eigenvalue weighted by atomic mass is 16.3. The van der Waals surface area contributed by atoms with Crippen molar-refractivity contribution in [2.75, 3.05) is 26.2 Å². The highest BCUT2D eigenvalue weighted by Gasteiger charge is 2.23. The van der Waals surface area contributed by atoms with E-state index in [-0.39, 0.29) is 18.6 Å². The first-order valence-electron chi connectivity index (χ1n) is 7.63. The molecule has 0 bridgehead atoms. The largest absolute Gasteiger partial charge is 0.396 e. The molecular formula is C15H30N2O2. The number of amides is 1. The van der Waals surface area contributed by atoms with Gasteiger partial charge in [0.15, 0.2) is 0 Å². The Bertz CT molecular complexity index is 269. The van der Waals surface area contributed by atoms with Gasteiger partial charge >= 0.3 is 0 Å². The zero-order chi connectivity index (χ0) is 14.3. The van der Waals surface area contributed by atoms with Gasteiger partial charge in [-0.2, -0.15) is 0 Å². The van der Waals surface area contributed by atoms with Crippen LogP contribution in [0.25, 0.3) is 0 Å². The SMILES string of the molecule is CC(C)CCC(C)NC(=O)CN1CCC(CCO)C1. The average molecular weight is 270 g/mol. The predicted octanol–water partition coefficient (Wildman–Crippen LogP) is 1.63. The van der Waals surface area contributed by atoms with Gasteiger partial charge in [0.1, 0.15) is 0 Å². The van der Waals surface area contributed by atoms with Crippen molar-refractivity contribution in [1.82, 2.24) is 10.2 Å². The molecule has 2 N–H and O–H groups in total. The van der Waals surface area contributed by atoms with Crippen molar-refractivity contribution in [2.24, 2.45) is 11.8 Å².